The number of nitrogens with one attached hydrogen (secondary N) is 1. The van der Waals surface area contributed by atoms with E-state index < -0.39 is 0 Å². The van der Waals surface area contributed by atoms with E-state index in [0.717, 1.165) is 0 Å². The molecule has 1 rings (SSSR count). The van der Waals surface area contributed by atoms with Crippen LogP contribution in [-0.2, 0) is 0 Å². The Morgan fingerprint density at radius 3 is 2.33 bits per heavy atom. The normalized spacial score (nSPS) is 23.6. The van der Waals surface area contributed by atoms with Gasteiger partial charge in [0.1, 0.15) is 0 Å². The highest BCUT2D eigenvalue weighted by molar-refractivity contribution is 5.07. The second kappa shape index (κ2) is 3.48. The summed E-state index contributed by atoms with van der Waals surface area (Å²) in [7, 11) is 4.15. The molecule has 0 aromatic heterocycles. The van der Waals surface area contributed by atoms with E-state index in [1.54, 1.807) is 0 Å². The van der Waals surface area contributed by atoms with Gasteiger partial charge in [0, 0.05) is 18.2 Å². The Morgan fingerprint density at radius 2 is 1.92 bits per heavy atom. The van der Waals surface area contributed by atoms with Crippen LogP contribution in [0, 0.1) is 5.41 Å². The lowest BCUT2D eigenvalue weighted by molar-refractivity contribution is 0.165. The van der Waals surface area contributed by atoms with E-state index >= 15 is 0 Å². The third-order valence-corrected chi connectivity index (χ3v) is 3.12. The predicted molar refractivity (Wildman–Crippen MR) is 53.0 cm³/mol. The molecular weight excluding hydrogens is 148 g/mol. The third-order valence-electron chi connectivity index (χ3n) is 3.12. The van der Waals surface area contributed by atoms with Crippen molar-refractivity contribution < 1.29 is 0 Å². The van der Waals surface area contributed by atoms with Crippen LogP contribution >= 0.6 is 0 Å². The number of piperidine rings is 1. The van der Waals surface area contributed by atoms with Gasteiger partial charge in [-0.3, -0.25) is 0 Å². The number of nitrogens with zero attached hydrogens (tertiary/aromatic N) is 1. The van der Waals surface area contributed by atoms with Gasteiger partial charge in [0.2, 0.25) is 0 Å². The van der Waals surface area contributed by atoms with Gasteiger partial charge in [-0.15, -0.1) is 0 Å². The van der Waals surface area contributed by atoms with Crippen molar-refractivity contribution in [1.29, 1.82) is 0 Å². The highest BCUT2D eigenvalue weighted by Gasteiger charge is 2.30. The van der Waals surface area contributed by atoms with Gasteiger partial charge >= 0.3 is 0 Å². The zero-order chi connectivity index (χ0) is 9.19. The summed E-state index contributed by atoms with van der Waals surface area (Å²) in [5.74, 6) is 0. The van der Waals surface area contributed by atoms with Gasteiger partial charge in [0.05, 0.1) is 0 Å². The first-order valence-corrected chi connectivity index (χ1v) is 4.64. The standard InChI is InChI=1S/C10H20N2/c1-9(11-3)10(2)5-7-12(4)8-6-10/h11H,1,5-8H2,2-4H3. The molecule has 0 aromatic rings. The molecule has 2 heteroatoms. The van der Waals surface area contributed by atoms with Crippen LogP contribution in [0.15, 0.2) is 12.3 Å². The Kier molecular flexibility index (Phi) is 2.78. The molecule has 12 heavy (non-hydrogen) atoms. The Labute approximate surface area is 75.6 Å². The zero-order valence-electron chi connectivity index (χ0n) is 8.48. The summed E-state index contributed by atoms with van der Waals surface area (Å²) < 4.78 is 0. The first kappa shape index (κ1) is 9.59. The minimum atomic E-state index is 0.321. The quantitative estimate of drug-likeness (QED) is 0.671. The van der Waals surface area contributed by atoms with Crippen LogP contribution in [0.2, 0.25) is 0 Å². The molecule has 0 bridgehead atoms. The lowest BCUT2D eigenvalue weighted by Crippen LogP contribution is -2.39. The van der Waals surface area contributed by atoms with Crippen LogP contribution in [0.25, 0.3) is 0 Å². The smallest absolute Gasteiger partial charge is 0.00922 e. The van der Waals surface area contributed by atoms with E-state index in [9.17, 15) is 0 Å². The number of allylic oxidation sites excluding steroid dienone is 1. The maximum Gasteiger partial charge on any atom is 0.00922 e. The molecule has 70 valence electrons. The molecule has 0 aliphatic carbocycles. The third kappa shape index (κ3) is 1.81. The molecule has 0 radical (unpaired) electrons. The van der Waals surface area contributed by atoms with Crippen LogP contribution in [0.4, 0.5) is 0 Å². The molecule has 1 aliphatic heterocycles. The number of rotatable bonds is 2. The molecule has 0 amide bonds. The summed E-state index contributed by atoms with van der Waals surface area (Å²) in [6.07, 6.45) is 2.45. The van der Waals surface area contributed by atoms with Crippen molar-refractivity contribution in [2.75, 3.05) is 27.2 Å². The van der Waals surface area contributed by atoms with Crippen molar-refractivity contribution in [3.8, 4) is 0 Å². The van der Waals surface area contributed by atoms with E-state index in [1.165, 1.54) is 31.6 Å². The molecule has 0 spiro atoms. The molecule has 0 saturated carbocycles. The van der Waals surface area contributed by atoms with Gasteiger partial charge < -0.3 is 10.2 Å². The first-order chi connectivity index (χ1) is 5.58. The fourth-order valence-electron chi connectivity index (χ4n) is 1.72. The van der Waals surface area contributed by atoms with Gasteiger partial charge in [-0.2, -0.15) is 0 Å². The molecule has 1 aliphatic rings. The Morgan fingerprint density at radius 1 is 1.42 bits per heavy atom. The second-order valence-electron chi connectivity index (χ2n) is 4.09. The minimum absolute atomic E-state index is 0.321. The topological polar surface area (TPSA) is 15.3 Å². The van der Waals surface area contributed by atoms with E-state index in [-0.39, 0.29) is 0 Å². The second-order valence-corrected chi connectivity index (χ2v) is 4.09. The Hall–Kier alpha value is -0.500. The predicted octanol–water partition coefficient (Wildman–Crippen LogP) is 1.45. The van der Waals surface area contributed by atoms with Crippen LogP contribution < -0.4 is 5.32 Å². The molecule has 1 N–H and O–H groups in total. The molecule has 1 fully saturated rings. The van der Waals surface area contributed by atoms with Gasteiger partial charge in [-0.05, 0) is 33.0 Å². The molecule has 2 nitrogen and oxygen atoms in total. The molecule has 0 aromatic carbocycles. The molecular formula is C10H20N2. The SMILES string of the molecule is C=C(NC)C1(C)CCN(C)CC1. The van der Waals surface area contributed by atoms with Crippen LogP contribution in [-0.4, -0.2) is 32.1 Å². The lowest BCUT2D eigenvalue weighted by Gasteiger charge is -2.39. The number of hydrogen-bond donors (Lipinski definition) is 1. The molecule has 0 atom stereocenters. The summed E-state index contributed by atoms with van der Waals surface area (Å²) in [6, 6.07) is 0. The van der Waals surface area contributed by atoms with Gasteiger partial charge in [0.25, 0.3) is 0 Å². The monoisotopic (exact) mass is 168 g/mol. The Bertz CT molecular complexity index is 167. The first-order valence-electron chi connectivity index (χ1n) is 4.64. The largest absolute Gasteiger partial charge is 0.391 e. The summed E-state index contributed by atoms with van der Waals surface area (Å²) in [4.78, 5) is 2.38. The molecule has 1 saturated heterocycles. The van der Waals surface area contributed by atoms with Crippen molar-refractivity contribution in [2.24, 2.45) is 5.41 Å². The average Bonchev–Trinajstić information content (AvgIpc) is 2.09. The lowest BCUT2D eigenvalue weighted by atomic mass is 9.78. The average molecular weight is 168 g/mol. The van der Waals surface area contributed by atoms with Gasteiger partial charge in [0.15, 0.2) is 0 Å². The van der Waals surface area contributed by atoms with Crippen molar-refractivity contribution in [1.82, 2.24) is 10.2 Å². The van der Waals surface area contributed by atoms with Crippen molar-refractivity contribution >= 4 is 0 Å². The van der Waals surface area contributed by atoms with Crippen LogP contribution in [0.5, 0.6) is 0 Å². The van der Waals surface area contributed by atoms with E-state index in [0.29, 0.717) is 5.41 Å². The fourth-order valence-corrected chi connectivity index (χ4v) is 1.72. The molecule has 0 unspecified atom stereocenters. The maximum absolute atomic E-state index is 4.06. The summed E-state index contributed by atoms with van der Waals surface area (Å²) in [6.45, 7) is 8.75. The van der Waals surface area contributed by atoms with Crippen LogP contribution in [0.3, 0.4) is 0 Å². The van der Waals surface area contributed by atoms with E-state index in [1.807, 2.05) is 7.05 Å². The van der Waals surface area contributed by atoms with Crippen molar-refractivity contribution in [3.63, 3.8) is 0 Å². The maximum atomic E-state index is 4.06. The summed E-state index contributed by atoms with van der Waals surface area (Å²) >= 11 is 0. The zero-order valence-corrected chi connectivity index (χ0v) is 8.48. The highest BCUT2D eigenvalue weighted by Crippen LogP contribution is 2.35. The van der Waals surface area contributed by atoms with Gasteiger partial charge in [-0.1, -0.05) is 13.5 Å². The summed E-state index contributed by atoms with van der Waals surface area (Å²) in [5, 5.41) is 3.18. The fraction of sp³-hybridized carbons (Fsp3) is 0.800. The summed E-state index contributed by atoms with van der Waals surface area (Å²) in [5.41, 5.74) is 1.51. The number of hydrogen-bond acceptors (Lipinski definition) is 2. The Balaban J connectivity index is 2.55. The number of likely N-dealkylation sites (tertiary alicyclic amines) is 1. The minimum Gasteiger partial charge on any atom is -0.391 e. The van der Waals surface area contributed by atoms with Crippen molar-refractivity contribution in [2.45, 2.75) is 19.8 Å². The van der Waals surface area contributed by atoms with Gasteiger partial charge in [-0.25, -0.2) is 0 Å². The highest BCUT2D eigenvalue weighted by atomic mass is 15.1. The van der Waals surface area contributed by atoms with E-state index in [2.05, 4.69) is 30.8 Å². The van der Waals surface area contributed by atoms with Crippen LogP contribution in [0.1, 0.15) is 19.8 Å². The molecule has 1 heterocycles. The van der Waals surface area contributed by atoms with E-state index in [4.69, 9.17) is 0 Å². The van der Waals surface area contributed by atoms with Crippen molar-refractivity contribution in [3.05, 3.63) is 12.3 Å².